The summed E-state index contributed by atoms with van der Waals surface area (Å²) < 4.78 is 5.23. The van der Waals surface area contributed by atoms with E-state index in [1.54, 1.807) is 0 Å². The van der Waals surface area contributed by atoms with E-state index in [0.717, 1.165) is 37.8 Å². The molecule has 0 aromatic heterocycles. The first-order valence-corrected chi connectivity index (χ1v) is 11.6. The van der Waals surface area contributed by atoms with Gasteiger partial charge >= 0.3 is 5.97 Å². The van der Waals surface area contributed by atoms with Crippen LogP contribution in [0.3, 0.4) is 0 Å². The van der Waals surface area contributed by atoms with Gasteiger partial charge in [0.2, 0.25) is 0 Å². The fraction of sp³-hybridized carbons (Fsp3) is 0.538. The Labute approximate surface area is 183 Å². The van der Waals surface area contributed by atoms with Crippen LogP contribution in [0.1, 0.15) is 46.0 Å². The van der Waals surface area contributed by atoms with E-state index in [4.69, 9.17) is 4.74 Å². The predicted molar refractivity (Wildman–Crippen MR) is 119 cm³/mol. The molecule has 0 radical (unpaired) electrons. The molecule has 2 aromatic rings. The van der Waals surface area contributed by atoms with Crippen LogP contribution in [-0.2, 0) is 14.3 Å². The van der Waals surface area contributed by atoms with E-state index in [-0.39, 0.29) is 23.3 Å². The van der Waals surface area contributed by atoms with Crippen molar-refractivity contribution in [2.24, 2.45) is 23.2 Å². The quantitative estimate of drug-likeness (QED) is 0.686. The average Bonchev–Trinajstić information content (AvgIpc) is 2.76. The van der Waals surface area contributed by atoms with Gasteiger partial charge in [0, 0.05) is 5.39 Å². The maximum absolute atomic E-state index is 13.5. The van der Waals surface area contributed by atoms with Crippen LogP contribution in [0.5, 0.6) is 0 Å². The summed E-state index contributed by atoms with van der Waals surface area (Å²) in [5.41, 5.74) is 0.202. The van der Waals surface area contributed by atoms with Crippen LogP contribution in [0.15, 0.2) is 42.5 Å². The molecule has 2 aromatic carbocycles. The van der Waals surface area contributed by atoms with Crippen molar-refractivity contribution in [3.63, 3.8) is 0 Å². The highest BCUT2D eigenvalue weighted by molar-refractivity contribution is 6.03. The van der Waals surface area contributed by atoms with Crippen LogP contribution in [0.25, 0.3) is 10.8 Å². The van der Waals surface area contributed by atoms with E-state index in [1.807, 2.05) is 13.8 Å². The number of nitrogens with zero attached hydrogens (tertiary/aromatic N) is 2. The van der Waals surface area contributed by atoms with E-state index in [1.165, 1.54) is 17.9 Å². The number of hydrogen-bond donors (Lipinski definition) is 0. The molecule has 1 aliphatic heterocycles. The van der Waals surface area contributed by atoms with E-state index >= 15 is 0 Å². The molecule has 1 saturated heterocycles. The SMILES string of the molecule is COC(=O)C12CC3C[C@H](C1)C(N1C(=O)C(C)(C)N1c1cccc4ccccc14)[C@H](C3)C2. The van der Waals surface area contributed by atoms with Gasteiger partial charge in [0.05, 0.1) is 24.3 Å². The first-order chi connectivity index (χ1) is 14.9. The molecular weight excluding hydrogens is 388 g/mol. The van der Waals surface area contributed by atoms with Crippen molar-refractivity contribution in [3.8, 4) is 0 Å². The Hall–Kier alpha value is -2.56. The Morgan fingerprint density at radius 3 is 2.39 bits per heavy atom. The Morgan fingerprint density at radius 2 is 1.68 bits per heavy atom. The smallest absolute Gasteiger partial charge is 0.311 e. The molecule has 5 heteroatoms. The minimum absolute atomic E-state index is 0.0356. The third-order valence-electron chi connectivity index (χ3n) is 8.60. The molecule has 0 N–H and O–H groups in total. The van der Waals surface area contributed by atoms with Crippen LogP contribution in [0.2, 0.25) is 0 Å². The number of hydrazine groups is 1. The van der Waals surface area contributed by atoms with Gasteiger partial charge in [-0.05, 0) is 75.2 Å². The molecule has 1 amide bonds. The number of carbonyl (C=O) groups is 2. The number of ether oxygens (including phenoxy) is 1. The summed E-state index contributed by atoms with van der Waals surface area (Å²) in [7, 11) is 1.52. The number of esters is 1. The maximum Gasteiger partial charge on any atom is 0.311 e. The summed E-state index contributed by atoms with van der Waals surface area (Å²) in [4.78, 5) is 26.2. The minimum atomic E-state index is -0.571. The Kier molecular flexibility index (Phi) is 3.86. The zero-order chi connectivity index (χ0) is 21.5. The second-order valence-corrected chi connectivity index (χ2v) is 10.8. The Balaban J connectivity index is 1.41. The number of methoxy groups -OCH3 is 1. The zero-order valence-electron chi connectivity index (χ0n) is 18.5. The second-order valence-electron chi connectivity index (χ2n) is 10.8. The largest absolute Gasteiger partial charge is 0.469 e. The first-order valence-electron chi connectivity index (χ1n) is 11.6. The van der Waals surface area contributed by atoms with Gasteiger partial charge in [-0.15, -0.1) is 0 Å². The lowest BCUT2D eigenvalue weighted by molar-refractivity contribution is -0.189. The van der Waals surface area contributed by atoms with Gasteiger partial charge in [-0.2, -0.15) is 0 Å². The Bertz CT molecular complexity index is 1070. The van der Waals surface area contributed by atoms with Crippen molar-refractivity contribution in [3.05, 3.63) is 42.5 Å². The summed E-state index contributed by atoms with van der Waals surface area (Å²) in [6, 6.07) is 14.9. The van der Waals surface area contributed by atoms with Crippen LogP contribution >= 0.6 is 0 Å². The average molecular weight is 419 g/mol. The van der Waals surface area contributed by atoms with Crippen LogP contribution in [0.4, 0.5) is 5.69 Å². The van der Waals surface area contributed by atoms with Crippen LogP contribution in [-0.4, -0.2) is 35.6 Å². The van der Waals surface area contributed by atoms with Crippen molar-refractivity contribution in [2.75, 3.05) is 12.1 Å². The summed E-state index contributed by atoms with van der Waals surface area (Å²) in [5.74, 6) is 1.48. The molecule has 7 rings (SSSR count). The summed E-state index contributed by atoms with van der Waals surface area (Å²) in [6.45, 7) is 4.05. The summed E-state index contributed by atoms with van der Waals surface area (Å²) in [5, 5.41) is 6.67. The number of rotatable bonds is 3. The number of benzene rings is 2. The third-order valence-corrected chi connectivity index (χ3v) is 8.60. The van der Waals surface area contributed by atoms with Crippen LogP contribution in [0, 0.1) is 23.2 Å². The normalized spacial score (nSPS) is 35.4. The van der Waals surface area contributed by atoms with Gasteiger partial charge in [0.1, 0.15) is 5.54 Å². The first kappa shape index (κ1) is 19.1. The highest BCUT2D eigenvalue weighted by atomic mass is 16.5. The number of fused-ring (bicyclic) bond motifs is 1. The van der Waals surface area contributed by atoms with Crippen molar-refractivity contribution in [1.82, 2.24) is 5.01 Å². The third kappa shape index (κ3) is 2.43. The predicted octanol–water partition coefficient (Wildman–Crippen LogP) is 4.55. The number of hydrogen-bond acceptors (Lipinski definition) is 4. The summed E-state index contributed by atoms with van der Waals surface area (Å²) >= 11 is 0. The highest BCUT2D eigenvalue weighted by Gasteiger charge is 2.65. The monoisotopic (exact) mass is 418 g/mol. The highest BCUT2D eigenvalue weighted by Crippen LogP contribution is 2.63. The van der Waals surface area contributed by atoms with E-state index in [9.17, 15) is 9.59 Å². The number of carbonyl (C=O) groups excluding carboxylic acids is 2. The fourth-order valence-corrected chi connectivity index (χ4v) is 7.63. The van der Waals surface area contributed by atoms with Gasteiger partial charge in [-0.25, -0.2) is 5.01 Å². The fourth-order valence-electron chi connectivity index (χ4n) is 7.63. The molecule has 4 saturated carbocycles. The molecule has 1 heterocycles. The molecule has 2 atom stereocenters. The molecule has 0 unspecified atom stereocenters. The molecule has 5 aliphatic rings. The van der Waals surface area contributed by atoms with Crippen LogP contribution < -0.4 is 5.01 Å². The van der Waals surface area contributed by atoms with Crippen molar-refractivity contribution >= 4 is 28.3 Å². The van der Waals surface area contributed by atoms with Gasteiger partial charge in [-0.3, -0.25) is 14.6 Å². The molecule has 162 valence electrons. The molecular formula is C26H30N2O3. The van der Waals surface area contributed by atoms with Gasteiger partial charge in [0.25, 0.3) is 5.91 Å². The van der Waals surface area contributed by atoms with Crippen molar-refractivity contribution < 1.29 is 14.3 Å². The standard InChI is InChI=1S/C26H30N2O3/c1-25(2)23(29)27(28(25)21-10-6-8-17-7-4-5-9-20(17)21)22-18-11-16-12-19(22)15-26(13-16,14-18)24(30)31-3/h4-10,16,18-19,22H,11-15H2,1-3H3/t16?,18-,19-,22?,26?/m1/s1. The molecule has 31 heavy (non-hydrogen) atoms. The second kappa shape index (κ2) is 6.24. The molecule has 4 aliphatic carbocycles. The van der Waals surface area contributed by atoms with Gasteiger partial charge in [0.15, 0.2) is 0 Å². The minimum Gasteiger partial charge on any atom is -0.469 e. The lowest BCUT2D eigenvalue weighted by Crippen LogP contribution is -2.80. The number of anilines is 1. The molecule has 5 nitrogen and oxygen atoms in total. The maximum atomic E-state index is 13.5. The summed E-state index contributed by atoms with van der Waals surface area (Å²) in [6.07, 6.45) is 4.91. The zero-order valence-corrected chi connectivity index (χ0v) is 18.5. The lowest BCUT2D eigenvalue weighted by atomic mass is 9.47. The Morgan fingerprint density at radius 1 is 1.00 bits per heavy atom. The number of amides is 1. The lowest BCUT2D eigenvalue weighted by Gasteiger charge is -2.67. The molecule has 4 bridgehead atoms. The van der Waals surface area contributed by atoms with Crippen molar-refractivity contribution in [2.45, 2.75) is 57.5 Å². The van der Waals surface area contributed by atoms with Gasteiger partial charge < -0.3 is 4.74 Å². The van der Waals surface area contributed by atoms with E-state index in [2.05, 4.69) is 52.5 Å². The topological polar surface area (TPSA) is 49.9 Å². The van der Waals surface area contributed by atoms with Crippen molar-refractivity contribution in [1.29, 1.82) is 0 Å². The molecule has 5 fully saturated rings. The van der Waals surface area contributed by atoms with Gasteiger partial charge in [-0.1, -0.05) is 36.4 Å². The molecule has 0 spiro atoms. The van der Waals surface area contributed by atoms with E-state index < -0.39 is 5.54 Å². The van der Waals surface area contributed by atoms with E-state index in [0.29, 0.717) is 17.8 Å².